The Morgan fingerprint density at radius 1 is 0.939 bits per heavy atom. The van der Waals surface area contributed by atoms with Gasteiger partial charge in [0.25, 0.3) is 0 Å². The van der Waals surface area contributed by atoms with Crippen LogP contribution in [0.2, 0.25) is 0 Å². The average Bonchev–Trinajstić information content (AvgIpc) is 3.21. The van der Waals surface area contributed by atoms with Gasteiger partial charge >= 0.3 is 5.97 Å². The van der Waals surface area contributed by atoms with E-state index in [1.54, 1.807) is 13.0 Å². The van der Waals surface area contributed by atoms with E-state index in [9.17, 15) is 14.4 Å². The highest BCUT2D eigenvalue weighted by atomic mass is 16.5. The summed E-state index contributed by atoms with van der Waals surface area (Å²) in [7, 11) is 0. The SMILES string of the molecule is C=CCC(C=C1C(=O)C2(C)CCC1C2(C)C)(/C=C1\C(=O)C2(C)CCC1C2(C)C)C(=O)OCC. The monoisotopic (exact) mass is 452 g/mol. The molecule has 0 aromatic heterocycles. The Bertz CT molecular complexity index is 929. The topological polar surface area (TPSA) is 60.4 Å². The van der Waals surface area contributed by atoms with E-state index in [1.165, 1.54) is 0 Å². The standard InChI is InChI=1S/C29H40O4/c1-9-13-29(24(32)33-10-2,16-18-20-11-14-27(7,22(18)30)25(20,3)4)17-19-21-12-15-28(8,23(19)31)26(21,5)6/h9,16-17,20-21H,1,10-15H2,2-8H3/b18-16-,19-17?. The van der Waals surface area contributed by atoms with E-state index < -0.39 is 22.2 Å². The van der Waals surface area contributed by atoms with E-state index in [0.717, 1.165) is 36.8 Å². The molecule has 5 atom stereocenters. The van der Waals surface area contributed by atoms with Crippen molar-refractivity contribution in [1.29, 1.82) is 0 Å². The molecule has 0 spiro atoms. The second-order valence-corrected chi connectivity index (χ2v) is 12.4. The molecule has 0 amide bonds. The quantitative estimate of drug-likeness (QED) is 0.281. The van der Waals surface area contributed by atoms with Gasteiger partial charge in [0.1, 0.15) is 5.41 Å². The zero-order valence-electron chi connectivity index (χ0n) is 21.5. The highest BCUT2D eigenvalue weighted by Gasteiger charge is 2.66. The Kier molecular flexibility index (Phi) is 5.32. The van der Waals surface area contributed by atoms with E-state index in [-0.39, 0.29) is 40.8 Å². The molecule has 0 aromatic carbocycles. The van der Waals surface area contributed by atoms with Gasteiger partial charge in [-0.15, -0.1) is 6.58 Å². The number of esters is 1. The van der Waals surface area contributed by atoms with Gasteiger partial charge < -0.3 is 4.74 Å². The Labute approximate surface area is 198 Å². The molecule has 4 aliphatic carbocycles. The number of Topliss-reactive ketones (excluding diaryl/α,β-unsaturated/α-hetero) is 2. The molecular formula is C29H40O4. The van der Waals surface area contributed by atoms with Crippen LogP contribution in [0.3, 0.4) is 0 Å². The highest BCUT2D eigenvalue weighted by Crippen LogP contribution is 2.67. The van der Waals surface area contributed by atoms with Crippen molar-refractivity contribution in [2.24, 2.45) is 38.9 Å². The van der Waals surface area contributed by atoms with Crippen LogP contribution >= 0.6 is 0 Å². The van der Waals surface area contributed by atoms with Crippen LogP contribution in [-0.2, 0) is 19.1 Å². The van der Waals surface area contributed by atoms with Crippen LogP contribution in [0.5, 0.6) is 0 Å². The minimum Gasteiger partial charge on any atom is -0.465 e. The first kappa shape index (κ1) is 24.2. The summed E-state index contributed by atoms with van der Waals surface area (Å²) in [6, 6.07) is 0. The normalized spacial score (nSPS) is 40.0. The van der Waals surface area contributed by atoms with E-state index in [2.05, 4.69) is 48.1 Å². The van der Waals surface area contributed by atoms with Crippen molar-refractivity contribution in [2.75, 3.05) is 6.61 Å². The number of hydrogen-bond donors (Lipinski definition) is 0. The largest absolute Gasteiger partial charge is 0.465 e. The maximum absolute atomic E-state index is 13.6. The van der Waals surface area contributed by atoms with Gasteiger partial charge in [-0.1, -0.05) is 59.8 Å². The number of ketones is 2. The van der Waals surface area contributed by atoms with Gasteiger partial charge in [-0.05, 0) is 72.8 Å². The van der Waals surface area contributed by atoms with Gasteiger partial charge in [0.15, 0.2) is 11.6 Å². The van der Waals surface area contributed by atoms with Crippen LogP contribution in [0, 0.1) is 38.9 Å². The zero-order valence-corrected chi connectivity index (χ0v) is 21.5. The molecule has 4 aliphatic rings. The van der Waals surface area contributed by atoms with E-state index in [0.29, 0.717) is 6.42 Å². The number of carbonyl (C=O) groups excluding carboxylic acids is 3. The van der Waals surface area contributed by atoms with Gasteiger partial charge in [0.05, 0.1) is 6.61 Å². The third-order valence-corrected chi connectivity index (χ3v) is 10.7. The van der Waals surface area contributed by atoms with Crippen molar-refractivity contribution in [3.63, 3.8) is 0 Å². The summed E-state index contributed by atoms with van der Waals surface area (Å²) >= 11 is 0. The Morgan fingerprint density at radius 2 is 1.36 bits per heavy atom. The minimum absolute atomic E-state index is 0.108. The lowest BCUT2D eigenvalue weighted by Gasteiger charge is -2.31. The van der Waals surface area contributed by atoms with Crippen LogP contribution in [0.1, 0.15) is 80.6 Å². The van der Waals surface area contributed by atoms with Gasteiger partial charge in [-0.25, -0.2) is 0 Å². The summed E-state index contributed by atoms with van der Waals surface area (Å²) in [6.07, 6.45) is 9.38. The maximum atomic E-state index is 13.6. The molecule has 5 unspecified atom stereocenters. The molecule has 4 rings (SSSR count). The fraction of sp³-hybridized carbons (Fsp3) is 0.690. The smallest absolute Gasteiger partial charge is 0.320 e. The predicted molar refractivity (Wildman–Crippen MR) is 129 cm³/mol. The number of rotatable bonds is 6. The Hall–Kier alpha value is -1.97. The van der Waals surface area contributed by atoms with Gasteiger partial charge in [-0.3, -0.25) is 14.4 Å². The van der Waals surface area contributed by atoms with Crippen molar-refractivity contribution >= 4 is 17.5 Å². The van der Waals surface area contributed by atoms with Crippen LogP contribution < -0.4 is 0 Å². The highest BCUT2D eigenvalue weighted by molar-refractivity contribution is 6.07. The lowest BCUT2D eigenvalue weighted by Crippen LogP contribution is -2.34. The lowest BCUT2D eigenvalue weighted by molar-refractivity contribution is -0.149. The summed E-state index contributed by atoms with van der Waals surface area (Å²) in [5, 5.41) is 0. The summed E-state index contributed by atoms with van der Waals surface area (Å²) in [6.45, 7) is 18.8. The number of ether oxygens (including phenoxy) is 1. The van der Waals surface area contributed by atoms with E-state index in [4.69, 9.17) is 4.74 Å². The Balaban J connectivity index is 1.91. The fourth-order valence-electron chi connectivity index (χ4n) is 7.61. The van der Waals surface area contributed by atoms with Crippen LogP contribution in [-0.4, -0.2) is 24.1 Å². The summed E-state index contributed by atoms with van der Waals surface area (Å²) in [5.74, 6) is 0.105. The number of carbonyl (C=O) groups is 3. The molecule has 4 nitrogen and oxygen atoms in total. The average molecular weight is 453 g/mol. The van der Waals surface area contributed by atoms with Crippen LogP contribution in [0.15, 0.2) is 36.0 Å². The molecule has 33 heavy (non-hydrogen) atoms. The lowest BCUT2D eigenvalue weighted by atomic mass is 9.70. The molecule has 4 heteroatoms. The van der Waals surface area contributed by atoms with Crippen molar-refractivity contribution in [3.8, 4) is 0 Å². The molecule has 0 saturated heterocycles. The number of allylic oxidation sites excluding steroid dienone is 3. The molecule has 0 aromatic rings. The molecule has 0 radical (unpaired) electrons. The summed E-state index contributed by atoms with van der Waals surface area (Å²) in [4.78, 5) is 40.8. The Morgan fingerprint density at radius 3 is 1.67 bits per heavy atom. The maximum Gasteiger partial charge on any atom is 0.320 e. The van der Waals surface area contributed by atoms with E-state index in [1.807, 2.05) is 12.2 Å². The predicted octanol–water partition coefficient (Wildman–Crippen LogP) is 6.02. The van der Waals surface area contributed by atoms with Crippen molar-refractivity contribution in [1.82, 2.24) is 0 Å². The van der Waals surface area contributed by atoms with Crippen molar-refractivity contribution in [3.05, 3.63) is 36.0 Å². The van der Waals surface area contributed by atoms with Gasteiger partial charge in [0, 0.05) is 10.8 Å². The van der Waals surface area contributed by atoms with Gasteiger partial charge in [0.2, 0.25) is 0 Å². The summed E-state index contributed by atoms with van der Waals surface area (Å²) in [5.41, 5.74) is -0.860. The molecular weight excluding hydrogens is 412 g/mol. The van der Waals surface area contributed by atoms with Crippen molar-refractivity contribution < 1.29 is 19.1 Å². The minimum atomic E-state index is -1.19. The molecule has 180 valence electrons. The molecule has 0 N–H and O–H groups in total. The second kappa shape index (κ2) is 7.26. The second-order valence-electron chi connectivity index (χ2n) is 12.4. The third kappa shape index (κ3) is 2.85. The molecule has 4 saturated carbocycles. The molecule has 0 heterocycles. The molecule has 4 bridgehead atoms. The first-order valence-electron chi connectivity index (χ1n) is 12.6. The molecule has 4 fully saturated rings. The van der Waals surface area contributed by atoms with Crippen LogP contribution in [0.4, 0.5) is 0 Å². The van der Waals surface area contributed by atoms with Crippen LogP contribution in [0.25, 0.3) is 0 Å². The number of fused-ring (bicyclic) bond motifs is 4. The fourth-order valence-corrected chi connectivity index (χ4v) is 7.61. The zero-order chi connectivity index (χ0) is 24.6. The first-order valence-corrected chi connectivity index (χ1v) is 12.6. The third-order valence-electron chi connectivity index (χ3n) is 10.7. The van der Waals surface area contributed by atoms with Crippen molar-refractivity contribution in [2.45, 2.75) is 80.6 Å². The van der Waals surface area contributed by atoms with E-state index >= 15 is 0 Å². The van der Waals surface area contributed by atoms with Gasteiger partial charge in [-0.2, -0.15) is 0 Å². The molecule has 0 aliphatic heterocycles. The number of hydrogen-bond acceptors (Lipinski definition) is 4. The summed E-state index contributed by atoms with van der Waals surface area (Å²) < 4.78 is 5.57. The first-order chi connectivity index (χ1) is 15.2.